The number of carbonyl (C=O) groups excluding carboxylic acids is 1. The van der Waals surface area contributed by atoms with Crippen LogP contribution in [0.2, 0.25) is 5.02 Å². The summed E-state index contributed by atoms with van der Waals surface area (Å²) in [7, 11) is 0. The van der Waals surface area contributed by atoms with E-state index < -0.39 is 0 Å². The molecule has 0 radical (unpaired) electrons. The monoisotopic (exact) mass is 460 g/mol. The van der Waals surface area contributed by atoms with Crippen molar-refractivity contribution in [1.29, 1.82) is 0 Å². The van der Waals surface area contributed by atoms with Gasteiger partial charge in [0.05, 0.1) is 42.6 Å². The molecule has 172 valence electrons. The van der Waals surface area contributed by atoms with E-state index in [2.05, 4.69) is 25.0 Å². The summed E-state index contributed by atoms with van der Waals surface area (Å²) in [4.78, 5) is 35.1. The normalized spacial score (nSPS) is 18.9. The van der Waals surface area contributed by atoms with Crippen molar-refractivity contribution in [2.45, 2.75) is 32.2 Å². The zero-order chi connectivity index (χ0) is 22.5. The van der Waals surface area contributed by atoms with Gasteiger partial charge in [0, 0.05) is 44.5 Å². The number of halogens is 1. The molecule has 0 bridgehead atoms. The number of ether oxygens (including phenoxy) is 1. The Morgan fingerprint density at radius 3 is 2.78 bits per heavy atom. The molecule has 2 saturated heterocycles. The molecule has 32 heavy (non-hydrogen) atoms. The summed E-state index contributed by atoms with van der Waals surface area (Å²) in [6, 6.07) is 3.93. The fourth-order valence-corrected chi connectivity index (χ4v) is 4.45. The van der Waals surface area contributed by atoms with E-state index in [1.165, 1.54) is 0 Å². The molecular formula is C22H29ClN6O3. The summed E-state index contributed by atoms with van der Waals surface area (Å²) in [5, 5.41) is 7.03. The molecule has 2 aliphatic rings. The number of carbonyl (C=O) groups is 1. The molecule has 4 rings (SSSR count). The quantitative estimate of drug-likeness (QED) is 0.630. The summed E-state index contributed by atoms with van der Waals surface area (Å²) in [6.07, 6.45) is 5.77. The fourth-order valence-electron chi connectivity index (χ4n) is 4.34. The number of anilines is 2. The Kier molecular flexibility index (Phi) is 7.26. The van der Waals surface area contributed by atoms with Gasteiger partial charge < -0.3 is 19.4 Å². The SMILES string of the molecule is Cc1c(N2CCC[C@H]2COCCC(=O)N2CCN(c3ccc(Cl)cn3)CC2)cn[nH]c1=O. The van der Waals surface area contributed by atoms with Gasteiger partial charge in [-0.3, -0.25) is 9.59 Å². The average molecular weight is 461 g/mol. The van der Waals surface area contributed by atoms with E-state index >= 15 is 0 Å². The first-order valence-corrected chi connectivity index (χ1v) is 11.4. The van der Waals surface area contributed by atoms with Crippen LogP contribution in [0.1, 0.15) is 24.8 Å². The smallest absolute Gasteiger partial charge is 0.269 e. The van der Waals surface area contributed by atoms with Gasteiger partial charge in [-0.15, -0.1) is 0 Å². The third kappa shape index (κ3) is 5.21. The van der Waals surface area contributed by atoms with E-state index in [1.807, 2.05) is 24.0 Å². The van der Waals surface area contributed by atoms with Crippen LogP contribution in [0.25, 0.3) is 0 Å². The Bertz CT molecular complexity index is 974. The van der Waals surface area contributed by atoms with Crippen LogP contribution in [0.15, 0.2) is 29.3 Å². The lowest BCUT2D eigenvalue weighted by Gasteiger charge is -2.35. The molecule has 0 aromatic carbocycles. The second-order valence-corrected chi connectivity index (χ2v) is 8.66. The van der Waals surface area contributed by atoms with Crippen LogP contribution in [-0.4, -0.2) is 78.0 Å². The van der Waals surface area contributed by atoms with Crippen molar-refractivity contribution in [3.63, 3.8) is 0 Å². The van der Waals surface area contributed by atoms with Crippen molar-refractivity contribution in [3.05, 3.63) is 45.5 Å². The predicted molar refractivity (Wildman–Crippen MR) is 123 cm³/mol. The number of piperazine rings is 1. The summed E-state index contributed by atoms with van der Waals surface area (Å²) in [5.74, 6) is 1.00. The van der Waals surface area contributed by atoms with Crippen LogP contribution in [0, 0.1) is 6.92 Å². The van der Waals surface area contributed by atoms with Crippen molar-refractivity contribution >= 4 is 29.0 Å². The molecule has 2 aliphatic heterocycles. The number of nitrogens with zero attached hydrogens (tertiary/aromatic N) is 5. The number of hydrogen-bond donors (Lipinski definition) is 1. The van der Waals surface area contributed by atoms with Gasteiger partial charge in [-0.1, -0.05) is 11.6 Å². The van der Waals surface area contributed by atoms with Gasteiger partial charge in [-0.05, 0) is 31.9 Å². The fraction of sp³-hybridized carbons (Fsp3) is 0.545. The Hall–Kier alpha value is -2.65. The second-order valence-electron chi connectivity index (χ2n) is 8.23. The lowest BCUT2D eigenvalue weighted by molar-refractivity contribution is -0.132. The summed E-state index contributed by atoms with van der Waals surface area (Å²) in [5.41, 5.74) is 1.38. The zero-order valence-electron chi connectivity index (χ0n) is 18.3. The maximum atomic E-state index is 12.6. The largest absolute Gasteiger partial charge is 0.379 e. The van der Waals surface area contributed by atoms with Crippen LogP contribution in [0.5, 0.6) is 0 Å². The Balaban J connectivity index is 1.19. The van der Waals surface area contributed by atoms with Crippen molar-refractivity contribution in [3.8, 4) is 0 Å². The lowest BCUT2D eigenvalue weighted by atomic mass is 10.2. The number of amides is 1. The molecule has 1 atom stereocenters. The molecule has 0 unspecified atom stereocenters. The highest BCUT2D eigenvalue weighted by Gasteiger charge is 2.27. The van der Waals surface area contributed by atoms with Crippen LogP contribution < -0.4 is 15.4 Å². The van der Waals surface area contributed by atoms with E-state index in [0.717, 1.165) is 44.0 Å². The standard InChI is InChI=1S/C22H29ClN6O3/c1-16-19(14-25-26-22(16)31)29-7-2-3-18(29)15-32-12-6-21(30)28-10-8-27(9-11-28)20-5-4-17(23)13-24-20/h4-5,13-14,18H,2-3,6-12,15H2,1H3,(H,26,31)/t18-/m0/s1. The Morgan fingerprint density at radius 1 is 1.22 bits per heavy atom. The third-order valence-electron chi connectivity index (χ3n) is 6.20. The van der Waals surface area contributed by atoms with Gasteiger partial charge >= 0.3 is 0 Å². The number of pyridine rings is 1. The van der Waals surface area contributed by atoms with Crippen molar-refractivity contribution < 1.29 is 9.53 Å². The maximum absolute atomic E-state index is 12.6. The molecule has 0 aliphatic carbocycles. The first-order chi connectivity index (χ1) is 15.5. The number of hydrogen-bond acceptors (Lipinski definition) is 7. The molecule has 1 N–H and O–H groups in total. The Morgan fingerprint density at radius 2 is 2.03 bits per heavy atom. The predicted octanol–water partition coefficient (Wildman–Crippen LogP) is 1.85. The van der Waals surface area contributed by atoms with E-state index in [-0.39, 0.29) is 17.5 Å². The minimum absolute atomic E-state index is 0.117. The molecule has 10 heteroatoms. The first-order valence-electron chi connectivity index (χ1n) is 11.1. The highest BCUT2D eigenvalue weighted by Crippen LogP contribution is 2.26. The Labute approximate surface area is 192 Å². The number of rotatable bonds is 7. The molecule has 0 saturated carbocycles. The van der Waals surface area contributed by atoms with Gasteiger partial charge in [0.15, 0.2) is 0 Å². The van der Waals surface area contributed by atoms with Crippen molar-refractivity contribution in [2.24, 2.45) is 0 Å². The van der Waals surface area contributed by atoms with Crippen LogP contribution >= 0.6 is 11.6 Å². The minimum Gasteiger partial charge on any atom is -0.379 e. The third-order valence-corrected chi connectivity index (χ3v) is 6.43. The zero-order valence-corrected chi connectivity index (χ0v) is 19.1. The highest BCUT2D eigenvalue weighted by atomic mass is 35.5. The van der Waals surface area contributed by atoms with Gasteiger partial charge in [0.1, 0.15) is 5.82 Å². The van der Waals surface area contributed by atoms with Crippen LogP contribution in [0.4, 0.5) is 11.5 Å². The molecule has 9 nitrogen and oxygen atoms in total. The summed E-state index contributed by atoms with van der Waals surface area (Å²) >= 11 is 5.90. The highest BCUT2D eigenvalue weighted by molar-refractivity contribution is 6.30. The molecule has 4 heterocycles. The van der Waals surface area contributed by atoms with Crippen molar-refractivity contribution in [2.75, 3.05) is 55.7 Å². The van der Waals surface area contributed by atoms with Gasteiger partial charge in [-0.25, -0.2) is 10.1 Å². The van der Waals surface area contributed by atoms with Crippen LogP contribution in [-0.2, 0) is 9.53 Å². The van der Waals surface area contributed by atoms with E-state index in [9.17, 15) is 9.59 Å². The number of nitrogens with one attached hydrogen (secondary N) is 1. The van der Waals surface area contributed by atoms with E-state index in [1.54, 1.807) is 12.4 Å². The topological polar surface area (TPSA) is 94.7 Å². The molecule has 2 aromatic rings. The van der Waals surface area contributed by atoms with Crippen LogP contribution in [0.3, 0.4) is 0 Å². The van der Waals surface area contributed by atoms with E-state index in [4.69, 9.17) is 16.3 Å². The maximum Gasteiger partial charge on any atom is 0.269 e. The minimum atomic E-state index is -0.161. The van der Waals surface area contributed by atoms with Gasteiger partial charge in [-0.2, -0.15) is 5.10 Å². The second kappa shape index (κ2) is 10.3. The number of H-pyrrole nitrogens is 1. The molecule has 0 spiro atoms. The number of aromatic amines is 1. The molecule has 2 aromatic heterocycles. The van der Waals surface area contributed by atoms with Crippen molar-refractivity contribution in [1.82, 2.24) is 20.1 Å². The number of aromatic nitrogens is 3. The van der Waals surface area contributed by atoms with E-state index in [0.29, 0.717) is 43.3 Å². The van der Waals surface area contributed by atoms with Gasteiger partial charge in [0.25, 0.3) is 5.56 Å². The van der Waals surface area contributed by atoms with Gasteiger partial charge in [0.2, 0.25) is 5.91 Å². The molecule has 1 amide bonds. The lowest BCUT2D eigenvalue weighted by Crippen LogP contribution is -2.49. The molecule has 2 fully saturated rings. The molecular weight excluding hydrogens is 432 g/mol. The summed E-state index contributed by atoms with van der Waals surface area (Å²) < 4.78 is 5.87. The average Bonchev–Trinajstić information content (AvgIpc) is 3.27. The summed E-state index contributed by atoms with van der Waals surface area (Å²) in [6.45, 7) is 6.48. The first kappa shape index (κ1) is 22.5.